The molecule has 0 rings (SSSR count). The molecule has 0 unspecified atom stereocenters. The third-order valence-corrected chi connectivity index (χ3v) is 5.49. The second kappa shape index (κ2) is 12.1. The minimum Gasteiger partial charge on any atom is -0.374 e. The number of hydrogen-bond donors (Lipinski definition) is 1. The molecule has 0 fully saturated rings. The number of hydrogen-bond acceptors (Lipinski definition) is 5. The molecule has 110 valence electrons. The van der Waals surface area contributed by atoms with E-state index in [1.165, 1.54) is 0 Å². The maximum absolute atomic E-state index is 5.77. The molecule has 0 bridgehead atoms. The quantitative estimate of drug-likeness (QED) is 0.317. The highest BCUT2D eigenvalue weighted by Gasteiger charge is 2.39. The van der Waals surface area contributed by atoms with E-state index >= 15 is 0 Å². The lowest BCUT2D eigenvalue weighted by Crippen LogP contribution is -2.46. The van der Waals surface area contributed by atoms with Crippen molar-refractivity contribution in [2.45, 2.75) is 40.2 Å². The fourth-order valence-corrected chi connectivity index (χ4v) is 4.29. The van der Waals surface area contributed by atoms with E-state index in [1.54, 1.807) is 0 Å². The highest BCUT2D eigenvalue weighted by molar-refractivity contribution is 6.60. The van der Waals surface area contributed by atoms with Crippen LogP contribution in [0, 0.1) is 0 Å². The van der Waals surface area contributed by atoms with Crippen LogP contribution in [0.4, 0.5) is 0 Å². The fourth-order valence-electron chi connectivity index (χ4n) is 1.68. The molecule has 0 saturated heterocycles. The topological polar surface area (TPSA) is 49.0 Å². The Morgan fingerprint density at radius 3 is 1.83 bits per heavy atom. The zero-order valence-electron chi connectivity index (χ0n) is 12.3. The summed E-state index contributed by atoms with van der Waals surface area (Å²) >= 11 is 0. The summed E-state index contributed by atoms with van der Waals surface area (Å²) in [4.78, 5) is 0. The molecule has 0 aromatic rings. The normalized spacial score (nSPS) is 12.0. The van der Waals surface area contributed by atoms with Crippen molar-refractivity contribution in [2.75, 3.05) is 39.7 Å². The van der Waals surface area contributed by atoms with Crippen molar-refractivity contribution in [1.29, 1.82) is 0 Å². The molecule has 0 aliphatic heterocycles. The Hall–Kier alpha value is 0.0169. The van der Waals surface area contributed by atoms with E-state index in [4.69, 9.17) is 18.0 Å². The predicted molar refractivity (Wildman–Crippen MR) is 74.6 cm³/mol. The van der Waals surface area contributed by atoms with Gasteiger partial charge in [0.2, 0.25) is 0 Å². The van der Waals surface area contributed by atoms with Crippen LogP contribution in [0.3, 0.4) is 0 Å². The van der Waals surface area contributed by atoms with E-state index in [1.807, 2.05) is 27.7 Å². The minimum absolute atomic E-state index is 0.600. The summed E-state index contributed by atoms with van der Waals surface area (Å²) in [6, 6.07) is 0.849. The SMILES string of the molecule is CCOCNCCC[Si](OCC)(OCC)OCC. The molecule has 0 radical (unpaired) electrons. The summed E-state index contributed by atoms with van der Waals surface area (Å²) in [7, 11) is -2.44. The summed E-state index contributed by atoms with van der Waals surface area (Å²) in [5.41, 5.74) is 0. The van der Waals surface area contributed by atoms with E-state index in [2.05, 4.69) is 5.32 Å². The van der Waals surface area contributed by atoms with Gasteiger partial charge in [-0.25, -0.2) is 0 Å². The summed E-state index contributed by atoms with van der Waals surface area (Å²) in [6.07, 6.45) is 0.972. The van der Waals surface area contributed by atoms with Crippen LogP contribution in [0.25, 0.3) is 0 Å². The van der Waals surface area contributed by atoms with Gasteiger partial charge in [-0.15, -0.1) is 0 Å². The molecule has 0 atom stereocenters. The average molecular weight is 279 g/mol. The van der Waals surface area contributed by atoms with Crippen molar-refractivity contribution in [3.8, 4) is 0 Å². The minimum atomic E-state index is -2.44. The van der Waals surface area contributed by atoms with Gasteiger partial charge in [-0.2, -0.15) is 0 Å². The molecule has 0 saturated carbocycles. The van der Waals surface area contributed by atoms with Crippen LogP contribution in [-0.2, 0) is 18.0 Å². The summed E-state index contributed by atoms with van der Waals surface area (Å²) in [5, 5.41) is 3.22. The lowest BCUT2D eigenvalue weighted by Gasteiger charge is -2.28. The first-order valence-corrected chi connectivity index (χ1v) is 8.88. The monoisotopic (exact) mass is 279 g/mol. The predicted octanol–water partition coefficient (Wildman–Crippen LogP) is 2.01. The first-order chi connectivity index (χ1) is 8.74. The van der Waals surface area contributed by atoms with Gasteiger partial charge in [0, 0.05) is 32.5 Å². The van der Waals surface area contributed by atoms with Crippen LogP contribution in [0.2, 0.25) is 6.04 Å². The Labute approximate surface area is 113 Å². The highest BCUT2D eigenvalue weighted by atomic mass is 28.4. The Balaban J connectivity index is 3.97. The van der Waals surface area contributed by atoms with Gasteiger partial charge in [0.15, 0.2) is 0 Å². The maximum atomic E-state index is 5.77. The lowest BCUT2D eigenvalue weighted by molar-refractivity contribution is 0.0703. The fraction of sp³-hybridized carbons (Fsp3) is 1.00. The molecule has 5 nitrogen and oxygen atoms in total. The zero-order valence-corrected chi connectivity index (χ0v) is 13.3. The Morgan fingerprint density at radius 2 is 1.39 bits per heavy atom. The first-order valence-electron chi connectivity index (χ1n) is 6.94. The summed E-state index contributed by atoms with van der Waals surface area (Å²) < 4.78 is 22.5. The molecule has 0 aromatic carbocycles. The Kier molecular flexibility index (Phi) is 12.1. The molecular formula is C12H29NO4Si. The van der Waals surface area contributed by atoms with E-state index in [-0.39, 0.29) is 0 Å². The second-order valence-corrected chi connectivity index (χ2v) is 6.45. The number of nitrogens with one attached hydrogen (secondary N) is 1. The highest BCUT2D eigenvalue weighted by Crippen LogP contribution is 2.17. The maximum Gasteiger partial charge on any atom is 0.500 e. The summed E-state index contributed by atoms with van der Waals surface area (Å²) in [5.74, 6) is 0. The third-order valence-electron chi connectivity index (χ3n) is 2.34. The molecule has 6 heteroatoms. The van der Waals surface area contributed by atoms with Gasteiger partial charge >= 0.3 is 8.80 Å². The van der Waals surface area contributed by atoms with Gasteiger partial charge in [0.25, 0.3) is 0 Å². The molecule has 0 amide bonds. The van der Waals surface area contributed by atoms with Gasteiger partial charge < -0.3 is 18.0 Å². The molecule has 0 heterocycles. The second-order valence-electron chi connectivity index (χ2n) is 3.72. The molecular weight excluding hydrogens is 250 g/mol. The largest absolute Gasteiger partial charge is 0.500 e. The Bertz CT molecular complexity index is 166. The van der Waals surface area contributed by atoms with E-state index < -0.39 is 8.80 Å². The lowest BCUT2D eigenvalue weighted by atomic mass is 10.5. The van der Waals surface area contributed by atoms with E-state index in [0.717, 1.165) is 25.6 Å². The van der Waals surface area contributed by atoms with Crippen molar-refractivity contribution in [3.63, 3.8) is 0 Å². The molecule has 0 aliphatic carbocycles. The summed E-state index contributed by atoms with van der Waals surface area (Å²) in [6.45, 7) is 12.1. The first kappa shape index (κ1) is 18.0. The van der Waals surface area contributed by atoms with Crippen molar-refractivity contribution in [3.05, 3.63) is 0 Å². The van der Waals surface area contributed by atoms with Gasteiger partial charge in [-0.1, -0.05) is 0 Å². The molecule has 1 N–H and O–H groups in total. The van der Waals surface area contributed by atoms with Crippen LogP contribution in [-0.4, -0.2) is 48.5 Å². The standard InChI is InChI=1S/C12H29NO4Si/c1-5-14-12-13-10-9-11-18(15-6-2,16-7-3)17-8-4/h13H,5-12H2,1-4H3. The van der Waals surface area contributed by atoms with E-state index in [0.29, 0.717) is 26.6 Å². The Morgan fingerprint density at radius 1 is 0.833 bits per heavy atom. The zero-order chi connectivity index (χ0) is 13.7. The van der Waals surface area contributed by atoms with Gasteiger partial charge in [-0.3, -0.25) is 5.32 Å². The molecule has 0 spiro atoms. The molecule has 0 aromatic heterocycles. The molecule has 0 aliphatic rings. The smallest absolute Gasteiger partial charge is 0.374 e. The number of rotatable bonds is 13. The van der Waals surface area contributed by atoms with Crippen molar-refractivity contribution < 1.29 is 18.0 Å². The van der Waals surface area contributed by atoms with E-state index in [9.17, 15) is 0 Å². The van der Waals surface area contributed by atoms with Crippen LogP contribution in [0.15, 0.2) is 0 Å². The van der Waals surface area contributed by atoms with Crippen LogP contribution in [0.1, 0.15) is 34.1 Å². The van der Waals surface area contributed by atoms with Crippen LogP contribution < -0.4 is 5.32 Å². The molecule has 18 heavy (non-hydrogen) atoms. The number of ether oxygens (including phenoxy) is 1. The average Bonchev–Trinajstić information content (AvgIpc) is 2.35. The van der Waals surface area contributed by atoms with Crippen molar-refractivity contribution in [1.82, 2.24) is 5.32 Å². The van der Waals surface area contributed by atoms with Gasteiger partial charge in [0.1, 0.15) is 0 Å². The third kappa shape index (κ3) is 8.18. The van der Waals surface area contributed by atoms with Crippen molar-refractivity contribution in [2.24, 2.45) is 0 Å². The van der Waals surface area contributed by atoms with Crippen LogP contribution in [0.5, 0.6) is 0 Å². The van der Waals surface area contributed by atoms with Gasteiger partial charge in [0.05, 0.1) is 6.73 Å². The van der Waals surface area contributed by atoms with Crippen LogP contribution >= 0.6 is 0 Å². The van der Waals surface area contributed by atoms with Crippen molar-refractivity contribution >= 4 is 8.80 Å². The van der Waals surface area contributed by atoms with Gasteiger partial charge in [-0.05, 0) is 40.7 Å².